The van der Waals surface area contributed by atoms with Gasteiger partial charge in [-0.15, -0.1) is 11.3 Å². The minimum absolute atomic E-state index is 0.0209. The number of methoxy groups -OCH3 is 1. The molecular formula is C26H30FN3O4S. The molecule has 9 heteroatoms. The van der Waals surface area contributed by atoms with E-state index in [1.54, 1.807) is 7.11 Å². The van der Waals surface area contributed by atoms with Gasteiger partial charge in [-0.05, 0) is 50.3 Å². The van der Waals surface area contributed by atoms with E-state index in [0.717, 1.165) is 29.4 Å². The van der Waals surface area contributed by atoms with Crippen molar-refractivity contribution in [2.75, 3.05) is 25.1 Å². The first-order valence-corrected chi connectivity index (χ1v) is 12.7. The monoisotopic (exact) mass is 499 g/mol. The van der Waals surface area contributed by atoms with Gasteiger partial charge in [0.2, 0.25) is 11.3 Å². The Morgan fingerprint density at radius 3 is 2.66 bits per heavy atom. The van der Waals surface area contributed by atoms with Crippen LogP contribution in [0.2, 0.25) is 0 Å². The summed E-state index contributed by atoms with van der Waals surface area (Å²) in [7, 11) is 1.54. The largest absolute Gasteiger partial charge is 0.511 e. The van der Waals surface area contributed by atoms with Crippen molar-refractivity contribution in [3.8, 4) is 5.75 Å². The van der Waals surface area contributed by atoms with Crippen LogP contribution in [-0.4, -0.2) is 41.8 Å². The van der Waals surface area contributed by atoms with Gasteiger partial charge in [-0.1, -0.05) is 6.58 Å². The lowest BCUT2D eigenvalue weighted by Gasteiger charge is -2.26. The van der Waals surface area contributed by atoms with Crippen LogP contribution < -0.4 is 30.1 Å². The zero-order valence-electron chi connectivity index (χ0n) is 20.4. The minimum atomic E-state index is -0.429. The Hall–Kier alpha value is -3.07. The zero-order valence-corrected chi connectivity index (χ0v) is 21.2. The molecule has 4 aliphatic rings. The summed E-state index contributed by atoms with van der Waals surface area (Å²) < 4.78 is 24.8. The molecule has 1 amide bonds. The van der Waals surface area contributed by atoms with Crippen LogP contribution in [0.5, 0.6) is 5.75 Å². The van der Waals surface area contributed by atoms with Crippen LogP contribution in [0.3, 0.4) is 0 Å². The SMILES string of the molecule is C=c1c2c(=O)/c(=C(/C)O)sc=2n(C2CC2)c2c(OC)c(N3CC[C@@H]([C@H](C)NC(C)=O)C3)c(F)cc12. The van der Waals surface area contributed by atoms with Crippen molar-refractivity contribution in [2.24, 2.45) is 5.92 Å². The number of aliphatic hydroxyl groups is 1. The molecule has 0 aromatic heterocycles. The molecule has 7 nitrogen and oxygen atoms in total. The Bertz CT molecular complexity index is 1590. The summed E-state index contributed by atoms with van der Waals surface area (Å²) in [6.45, 7) is 10.4. The van der Waals surface area contributed by atoms with Crippen LogP contribution in [0.25, 0.3) is 23.2 Å². The summed E-state index contributed by atoms with van der Waals surface area (Å²) in [4.78, 5) is 26.7. The molecule has 1 aromatic carbocycles. The van der Waals surface area contributed by atoms with Gasteiger partial charge in [-0.3, -0.25) is 9.59 Å². The minimum Gasteiger partial charge on any atom is -0.511 e. The van der Waals surface area contributed by atoms with Gasteiger partial charge in [-0.25, -0.2) is 4.39 Å². The summed E-state index contributed by atoms with van der Waals surface area (Å²) in [5.41, 5.74) is 0.851. The second-order valence-corrected chi connectivity index (χ2v) is 10.7. The predicted octanol–water partition coefficient (Wildman–Crippen LogP) is 2.72. The summed E-state index contributed by atoms with van der Waals surface area (Å²) in [5.74, 6) is 0.0785. The Kier molecular flexibility index (Phi) is 5.78. The van der Waals surface area contributed by atoms with E-state index >= 15 is 4.39 Å². The fraction of sp³-hybridized carbons (Fsp3) is 0.462. The van der Waals surface area contributed by atoms with Crippen molar-refractivity contribution in [3.05, 3.63) is 41.7 Å². The van der Waals surface area contributed by atoms with Gasteiger partial charge in [0, 0.05) is 37.5 Å². The molecule has 2 N–H and O–H groups in total. The van der Waals surface area contributed by atoms with E-state index in [1.165, 1.54) is 31.3 Å². The number of nitrogens with one attached hydrogen (secondary N) is 1. The number of halogens is 1. The zero-order chi connectivity index (χ0) is 25.2. The second-order valence-electron chi connectivity index (χ2n) is 9.73. The molecule has 3 aliphatic heterocycles. The maximum atomic E-state index is 15.8. The Morgan fingerprint density at radius 1 is 1.34 bits per heavy atom. The quantitative estimate of drug-likeness (QED) is 0.564. The van der Waals surface area contributed by atoms with Crippen molar-refractivity contribution in [1.29, 1.82) is 0 Å². The predicted molar refractivity (Wildman–Crippen MR) is 136 cm³/mol. The molecule has 1 aromatic rings. The van der Waals surface area contributed by atoms with E-state index in [1.807, 2.05) is 11.8 Å². The topological polar surface area (TPSA) is 83.8 Å². The van der Waals surface area contributed by atoms with E-state index in [4.69, 9.17) is 4.74 Å². The number of aromatic nitrogens is 1. The van der Waals surface area contributed by atoms with Crippen LogP contribution >= 0.6 is 11.3 Å². The highest BCUT2D eigenvalue weighted by Crippen LogP contribution is 2.45. The normalized spacial score (nSPS) is 19.9. The summed E-state index contributed by atoms with van der Waals surface area (Å²) >= 11 is 1.25. The van der Waals surface area contributed by atoms with Gasteiger partial charge in [-0.2, -0.15) is 0 Å². The molecule has 1 saturated carbocycles. The first kappa shape index (κ1) is 23.7. The lowest BCUT2D eigenvalue weighted by Crippen LogP contribution is -2.38. The standard InChI is InChI=1S/C26H30FN3O4S/c1-12-18-10-19(27)22(29-9-8-16(11-29)13(2)28-15(4)32)24(34-5)21(18)30(17-6-7-17)26-20(12)23(33)25(35-26)14(3)31/h10,13,16-17,31H,1,6-9,11H2,2-5H3,(H,28,32)/b25-14+/t13-,16+/m0/s1. The smallest absolute Gasteiger partial charge is 0.217 e. The Balaban J connectivity index is 1.78. The number of ether oxygens (including phenoxy) is 1. The highest BCUT2D eigenvalue weighted by molar-refractivity contribution is 7.07. The van der Waals surface area contributed by atoms with Crippen molar-refractivity contribution < 1.29 is 19.0 Å². The molecular weight excluding hydrogens is 469 g/mol. The van der Waals surface area contributed by atoms with Gasteiger partial charge < -0.3 is 24.6 Å². The van der Waals surface area contributed by atoms with Gasteiger partial charge in [0.25, 0.3) is 0 Å². The molecule has 5 rings (SSSR count). The van der Waals surface area contributed by atoms with E-state index < -0.39 is 5.82 Å². The third-order valence-electron chi connectivity index (χ3n) is 7.24. The molecule has 0 radical (unpaired) electrons. The number of carbonyl (C=O) groups excluding carboxylic acids is 1. The third kappa shape index (κ3) is 3.76. The van der Waals surface area contributed by atoms with Crippen molar-refractivity contribution in [2.45, 2.75) is 52.1 Å². The summed E-state index contributed by atoms with van der Waals surface area (Å²) in [6, 6.07) is 1.61. The molecule has 2 atom stereocenters. The van der Waals surface area contributed by atoms with E-state index in [-0.39, 0.29) is 39.6 Å². The fourth-order valence-corrected chi connectivity index (χ4v) is 6.59. The number of rotatable bonds is 5. The molecule has 0 spiro atoms. The summed E-state index contributed by atoms with van der Waals surface area (Å²) in [5, 5.41) is 14.5. The molecule has 0 bridgehead atoms. The molecule has 1 aliphatic carbocycles. The number of hydrogen-bond acceptors (Lipinski definition) is 6. The van der Waals surface area contributed by atoms with Gasteiger partial charge >= 0.3 is 0 Å². The molecule has 35 heavy (non-hydrogen) atoms. The first-order valence-electron chi connectivity index (χ1n) is 11.9. The number of carbonyl (C=O) groups is 1. The fourth-order valence-electron chi connectivity index (χ4n) is 5.40. The van der Waals surface area contributed by atoms with Crippen molar-refractivity contribution >= 4 is 46.2 Å². The average molecular weight is 500 g/mol. The number of hydrogen-bond donors (Lipinski definition) is 2. The first-order chi connectivity index (χ1) is 16.6. The van der Waals surface area contributed by atoms with Gasteiger partial charge in [0.05, 0.1) is 17.8 Å². The lowest BCUT2D eigenvalue weighted by atomic mass is 10.0. The highest BCUT2D eigenvalue weighted by Gasteiger charge is 2.34. The van der Waals surface area contributed by atoms with E-state index in [9.17, 15) is 14.7 Å². The maximum Gasteiger partial charge on any atom is 0.217 e. The van der Waals surface area contributed by atoms with Crippen LogP contribution in [0.1, 0.15) is 46.1 Å². The van der Waals surface area contributed by atoms with Crippen molar-refractivity contribution in [3.63, 3.8) is 0 Å². The second kappa shape index (κ2) is 8.55. The Morgan fingerprint density at radius 2 is 2.06 bits per heavy atom. The average Bonchev–Trinajstić information content (AvgIpc) is 3.39. The highest BCUT2D eigenvalue weighted by atomic mass is 32.1. The van der Waals surface area contributed by atoms with Crippen LogP contribution in [0.15, 0.2) is 10.9 Å². The van der Waals surface area contributed by atoms with Crippen LogP contribution in [0, 0.1) is 21.6 Å². The number of nitrogens with zero attached hydrogens (tertiary/aromatic N) is 2. The molecule has 0 unspecified atom stereocenters. The van der Waals surface area contributed by atoms with Gasteiger partial charge in [0.15, 0.2) is 11.6 Å². The van der Waals surface area contributed by atoms with Crippen LogP contribution in [0.4, 0.5) is 10.1 Å². The Labute approximate surface area is 205 Å². The third-order valence-corrected chi connectivity index (χ3v) is 8.52. The number of aliphatic hydroxyl groups excluding tert-OH is 1. The molecule has 186 valence electrons. The lowest BCUT2D eigenvalue weighted by molar-refractivity contribution is -0.119. The molecule has 3 heterocycles. The molecule has 1 saturated heterocycles. The number of benzene rings is 1. The number of fused-ring (bicyclic) bond motifs is 1. The van der Waals surface area contributed by atoms with E-state index in [2.05, 4.69) is 16.5 Å². The van der Waals surface area contributed by atoms with Crippen molar-refractivity contribution in [1.82, 2.24) is 9.88 Å². The van der Waals surface area contributed by atoms with E-state index in [0.29, 0.717) is 40.3 Å². The molecule has 2 fully saturated rings. The number of anilines is 1. The number of amides is 1. The van der Waals surface area contributed by atoms with Gasteiger partial charge in [0.1, 0.15) is 20.6 Å². The maximum absolute atomic E-state index is 15.8. The van der Waals surface area contributed by atoms with Crippen LogP contribution in [-0.2, 0) is 4.79 Å². The summed E-state index contributed by atoms with van der Waals surface area (Å²) in [6.07, 6.45) is 2.72.